The molecule has 4 N–H and O–H groups in total. The number of urea groups is 1. The number of ether oxygens (including phenoxy) is 1. The monoisotopic (exact) mass is 208 g/mol. The van der Waals surface area contributed by atoms with Crippen LogP contribution in [0, 0.1) is 0 Å². The smallest absolute Gasteiger partial charge is 0.349 e. The van der Waals surface area contributed by atoms with Crippen molar-refractivity contribution >= 4 is 12.2 Å². The Hall–Kier alpha value is -2.08. The molecule has 0 aliphatic rings. The van der Waals surface area contributed by atoms with Crippen molar-refractivity contribution in [3.8, 4) is 5.75 Å². The minimum Gasteiger partial charge on any atom is -0.497 e. The molecule has 0 aliphatic heterocycles. The normalized spacial score (nSPS) is 10.0. The number of carbonyl (C=O) groups excluding carboxylic acids is 1. The van der Waals surface area contributed by atoms with E-state index < -0.39 is 6.03 Å². The van der Waals surface area contributed by atoms with Gasteiger partial charge < -0.3 is 4.74 Å². The van der Waals surface area contributed by atoms with Crippen LogP contribution in [0.15, 0.2) is 29.4 Å². The molecule has 0 aromatic heterocycles. The Balaban J connectivity index is 2.53. The van der Waals surface area contributed by atoms with Crippen LogP contribution in [0.2, 0.25) is 0 Å². The lowest BCUT2D eigenvalue weighted by Gasteiger charge is -1.99. The number of nitrogens with two attached hydrogens (primary N) is 1. The van der Waals surface area contributed by atoms with Gasteiger partial charge in [-0.25, -0.2) is 16.1 Å². The van der Waals surface area contributed by atoms with Gasteiger partial charge in [-0.3, -0.25) is 5.43 Å². The van der Waals surface area contributed by atoms with Crippen LogP contribution in [0.1, 0.15) is 5.56 Å². The molecule has 1 rings (SSSR count). The van der Waals surface area contributed by atoms with Crippen molar-refractivity contribution in [1.29, 1.82) is 0 Å². The summed E-state index contributed by atoms with van der Waals surface area (Å²) in [6, 6.07) is 6.64. The van der Waals surface area contributed by atoms with Crippen LogP contribution in [-0.4, -0.2) is 19.4 Å². The fraction of sp³-hybridized carbons (Fsp3) is 0.111. The summed E-state index contributed by atoms with van der Waals surface area (Å²) in [6.45, 7) is 0. The Kier molecular flexibility index (Phi) is 4.11. The lowest BCUT2D eigenvalue weighted by atomic mass is 10.2. The van der Waals surface area contributed by atoms with E-state index in [1.54, 1.807) is 19.2 Å². The first kappa shape index (κ1) is 11.0. The van der Waals surface area contributed by atoms with E-state index in [1.807, 2.05) is 17.6 Å². The van der Waals surface area contributed by atoms with Gasteiger partial charge in [0.25, 0.3) is 0 Å². The van der Waals surface area contributed by atoms with Gasteiger partial charge in [0, 0.05) is 0 Å². The summed E-state index contributed by atoms with van der Waals surface area (Å²) >= 11 is 0. The van der Waals surface area contributed by atoms with E-state index in [-0.39, 0.29) is 0 Å². The van der Waals surface area contributed by atoms with Gasteiger partial charge in [-0.05, 0) is 29.8 Å². The number of nitrogens with one attached hydrogen (secondary N) is 2. The minimum atomic E-state index is -0.570. The SMILES string of the molecule is COc1ccc(/C=N\NC(=O)NN)cc1. The maximum atomic E-state index is 10.6. The molecule has 0 heterocycles. The van der Waals surface area contributed by atoms with Crippen LogP contribution in [0.5, 0.6) is 5.75 Å². The Bertz CT molecular complexity index is 348. The average Bonchev–Trinajstić information content (AvgIpc) is 2.29. The molecule has 2 amide bonds. The van der Waals surface area contributed by atoms with Gasteiger partial charge in [-0.1, -0.05) is 0 Å². The molecule has 1 aromatic carbocycles. The Labute approximate surface area is 87.1 Å². The van der Waals surface area contributed by atoms with Crippen LogP contribution < -0.4 is 21.4 Å². The molecule has 6 heteroatoms. The molecule has 6 nitrogen and oxygen atoms in total. The van der Waals surface area contributed by atoms with Gasteiger partial charge >= 0.3 is 6.03 Å². The fourth-order valence-corrected chi connectivity index (χ4v) is 0.888. The summed E-state index contributed by atoms with van der Waals surface area (Å²) in [7, 11) is 1.59. The molecule has 0 bridgehead atoms. The summed E-state index contributed by atoms with van der Waals surface area (Å²) in [4.78, 5) is 10.6. The van der Waals surface area contributed by atoms with Crippen molar-refractivity contribution in [3.63, 3.8) is 0 Å². The van der Waals surface area contributed by atoms with E-state index in [1.165, 1.54) is 6.21 Å². The maximum absolute atomic E-state index is 10.6. The highest BCUT2D eigenvalue weighted by molar-refractivity contribution is 5.81. The first-order valence-corrected chi connectivity index (χ1v) is 4.20. The van der Waals surface area contributed by atoms with Crippen molar-refractivity contribution < 1.29 is 9.53 Å². The standard InChI is InChI=1S/C9H12N4O2/c1-15-8-4-2-7(3-5-8)6-11-13-9(14)12-10/h2-6H,10H2,1H3,(H2,12,13,14)/b11-6-. The maximum Gasteiger partial charge on any atom is 0.349 e. The molecule has 80 valence electrons. The number of hydrazine groups is 1. The largest absolute Gasteiger partial charge is 0.497 e. The molecule has 0 fully saturated rings. The first-order valence-electron chi connectivity index (χ1n) is 4.20. The van der Waals surface area contributed by atoms with Gasteiger partial charge in [0.2, 0.25) is 0 Å². The van der Waals surface area contributed by atoms with Crippen molar-refractivity contribution in [2.75, 3.05) is 7.11 Å². The number of amides is 2. The second-order valence-corrected chi connectivity index (χ2v) is 2.62. The van der Waals surface area contributed by atoms with Gasteiger partial charge in [-0.2, -0.15) is 5.10 Å². The van der Waals surface area contributed by atoms with E-state index >= 15 is 0 Å². The lowest BCUT2D eigenvalue weighted by Crippen LogP contribution is -2.37. The van der Waals surface area contributed by atoms with E-state index in [0.29, 0.717) is 0 Å². The third kappa shape index (κ3) is 3.65. The summed E-state index contributed by atoms with van der Waals surface area (Å²) in [5.41, 5.74) is 4.90. The number of hydrogen-bond donors (Lipinski definition) is 3. The summed E-state index contributed by atoms with van der Waals surface area (Å²) < 4.78 is 4.99. The zero-order valence-corrected chi connectivity index (χ0v) is 8.23. The van der Waals surface area contributed by atoms with Crippen LogP contribution >= 0.6 is 0 Å². The fourth-order valence-electron chi connectivity index (χ4n) is 0.888. The first-order chi connectivity index (χ1) is 7.26. The minimum absolute atomic E-state index is 0.570. The molecule has 0 radical (unpaired) electrons. The Morgan fingerprint density at radius 3 is 2.67 bits per heavy atom. The van der Waals surface area contributed by atoms with Gasteiger partial charge in [-0.15, -0.1) is 0 Å². The molecule has 0 saturated carbocycles. The highest BCUT2D eigenvalue weighted by atomic mass is 16.5. The van der Waals surface area contributed by atoms with E-state index in [2.05, 4.69) is 10.5 Å². The van der Waals surface area contributed by atoms with Crippen LogP contribution in [-0.2, 0) is 0 Å². The number of hydrazone groups is 1. The number of rotatable bonds is 3. The number of hydrogen-bond acceptors (Lipinski definition) is 4. The molecule has 0 spiro atoms. The molecule has 1 aromatic rings. The Morgan fingerprint density at radius 2 is 2.13 bits per heavy atom. The van der Waals surface area contributed by atoms with Gasteiger partial charge in [0.15, 0.2) is 0 Å². The van der Waals surface area contributed by atoms with Gasteiger partial charge in [0.05, 0.1) is 13.3 Å². The highest BCUT2D eigenvalue weighted by Gasteiger charge is 1.92. The van der Waals surface area contributed by atoms with Crippen LogP contribution in [0.3, 0.4) is 0 Å². The van der Waals surface area contributed by atoms with Crippen molar-refractivity contribution in [2.45, 2.75) is 0 Å². The summed E-state index contributed by atoms with van der Waals surface area (Å²) in [5.74, 6) is 5.60. The lowest BCUT2D eigenvalue weighted by molar-refractivity contribution is 0.241. The molecular formula is C9H12N4O2. The van der Waals surface area contributed by atoms with Crippen LogP contribution in [0.4, 0.5) is 4.79 Å². The van der Waals surface area contributed by atoms with Gasteiger partial charge in [0.1, 0.15) is 5.75 Å². The summed E-state index contributed by atoms with van der Waals surface area (Å²) in [6.07, 6.45) is 1.49. The zero-order chi connectivity index (χ0) is 11.1. The third-order valence-corrected chi connectivity index (χ3v) is 1.63. The highest BCUT2D eigenvalue weighted by Crippen LogP contribution is 2.09. The summed E-state index contributed by atoms with van der Waals surface area (Å²) in [5, 5.41) is 3.66. The second kappa shape index (κ2) is 5.61. The van der Waals surface area contributed by atoms with E-state index in [0.717, 1.165) is 11.3 Å². The van der Waals surface area contributed by atoms with Crippen molar-refractivity contribution in [2.24, 2.45) is 10.9 Å². The van der Waals surface area contributed by atoms with E-state index in [9.17, 15) is 4.79 Å². The molecule has 0 atom stereocenters. The predicted octanol–water partition coefficient (Wildman–Crippen LogP) is 0.202. The third-order valence-electron chi connectivity index (χ3n) is 1.63. The Morgan fingerprint density at radius 1 is 1.47 bits per heavy atom. The quantitative estimate of drug-likeness (QED) is 0.287. The number of carbonyl (C=O) groups is 1. The predicted molar refractivity (Wildman–Crippen MR) is 56.4 cm³/mol. The molecule has 15 heavy (non-hydrogen) atoms. The molecule has 0 aliphatic carbocycles. The average molecular weight is 208 g/mol. The van der Waals surface area contributed by atoms with Crippen molar-refractivity contribution in [3.05, 3.63) is 29.8 Å². The number of benzene rings is 1. The zero-order valence-electron chi connectivity index (χ0n) is 8.23. The van der Waals surface area contributed by atoms with Crippen LogP contribution in [0.25, 0.3) is 0 Å². The van der Waals surface area contributed by atoms with Crippen molar-refractivity contribution in [1.82, 2.24) is 10.9 Å². The van der Waals surface area contributed by atoms with E-state index in [4.69, 9.17) is 10.6 Å². The number of nitrogens with zero attached hydrogens (tertiary/aromatic N) is 1. The topological polar surface area (TPSA) is 88.7 Å². The second-order valence-electron chi connectivity index (χ2n) is 2.62. The molecular weight excluding hydrogens is 196 g/mol. The molecule has 0 unspecified atom stereocenters. The molecule has 0 saturated heterocycles. The number of methoxy groups -OCH3 is 1.